The normalized spacial score (nSPS) is 18.0. The first-order valence-electron chi connectivity index (χ1n) is 3.76. The van der Waals surface area contributed by atoms with Gasteiger partial charge in [-0.1, -0.05) is 0 Å². The average Bonchev–Trinajstić information content (AvgIpc) is 2.51. The Hall–Kier alpha value is 0.137. The van der Waals surface area contributed by atoms with Crippen LogP contribution in [0.15, 0.2) is 0 Å². The van der Waals surface area contributed by atoms with Crippen molar-refractivity contribution in [2.75, 3.05) is 0 Å². The van der Waals surface area contributed by atoms with Gasteiger partial charge in [0.15, 0.2) is 0 Å². The molecule has 0 radical (unpaired) electrons. The molecule has 1 aliphatic rings. The smallest absolute Gasteiger partial charge is 0.146 e. The van der Waals surface area contributed by atoms with Crippen molar-refractivity contribution in [1.82, 2.24) is 0 Å². The Kier molecular flexibility index (Phi) is 4.16. The molecular weight excluding hydrogens is 142 g/mol. The van der Waals surface area contributed by atoms with Crippen LogP contribution < -0.4 is 5.73 Å². The second kappa shape index (κ2) is 4.11. The van der Waals surface area contributed by atoms with Crippen molar-refractivity contribution in [3.05, 3.63) is 0 Å². The summed E-state index contributed by atoms with van der Waals surface area (Å²) >= 11 is 0. The summed E-state index contributed by atoms with van der Waals surface area (Å²) in [5.74, 6) is 0. The third kappa shape index (κ3) is 11.0. The van der Waals surface area contributed by atoms with Crippen molar-refractivity contribution < 1.29 is 4.43 Å². The zero-order valence-electron chi connectivity index (χ0n) is 7.48. The second-order valence-electron chi connectivity index (χ2n) is 3.65. The fourth-order valence-electron chi connectivity index (χ4n) is 0.0962. The number of hydrogen-bond acceptors (Lipinski definition) is 2. The van der Waals surface area contributed by atoms with Crippen molar-refractivity contribution in [2.45, 2.75) is 45.3 Å². The summed E-state index contributed by atoms with van der Waals surface area (Å²) in [6.07, 6.45) is 2.53. The van der Waals surface area contributed by atoms with Crippen LogP contribution in [0, 0.1) is 0 Å². The van der Waals surface area contributed by atoms with Crippen LogP contribution in [0.25, 0.3) is 0 Å². The third-order valence-corrected chi connectivity index (χ3v) is 2.46. The summed E-state index contributed by atoms with van der Waals surface area (Å²) in [6, 6.07) is 0.583. The molecule has 0 saturated heterocycles. The maximum Gasteiger partial charge on any atom is 0.146 e. The van der Waals surface area contributed by atoms with Gasteiger partial charge in [0.1, 0.15) is 10.5 Å². The molecule has 1 rings (SSSR count). The van der Waals surface area contributed by atoms with Gasteiger partial charge in [0.25, 0.3) is 0 Å². The highest BCUT2D eigenvalue weighted by Gasteiger charge is 2.13. The highest BCUT2D eigenvalue weighted by molar-refractivity contribution is 5.98. The molecule has 0 aliphatic heterocycles. The van der Waals surface area contributed by atoms with Gasteiger partial charge < -0.3 is 10.2 Å². The number of hydrogen-bond donors (Lipinski definition) is 1. The lowest BCUT2D eigenvalue weighted by Crippen LogP contribution is -2.16. The minimum absolute atomic E-state index is 0.103. The first-order valence-corrected chi connectivity index (χ1v) is 4.58. The topological polar surface area (TPSA) is 35.2 Å². The Morgan fingerprint density at radius 2 is 1.60 bits per heavy atom. The van der Waals surface area contributed by atoms with E-state index in [1.54, 1.807) is 0 Å². The molecule has 0 heterocycles. The van der Waals surface area contributed by atoms with Crippen LogP contribution in [-0.4, -0.2) is 22.1 Å². The molecule has 0 unspecified atom stereocenters. The van der Waals surface area contributed by atoms with Gasteiger partial charge in [-0.05, 0) is 33.6 Å². The van der Waals surface area contributed by atoms with E-state index in [0.717, 1.165) is 10.5 Å². The largest absolute Gasteiger partial charge is 0.423 e. The highest BCUT2D eigenvalue weighted by atomic mass is 28.2. The molecular formula is C7H19NOSi. The van der Waals surface area contributed by atoms with E-state index < -0.39 is 0 Å². The Morgan fingerprint density at radius 3 is 1.60 bits per heavy atom. The van der Waals surface area contributed by atoms with Crippen LogP contribution in [0.3, 0.4) is 0 Å². The summed E-state index contributed by atoms with van der Waals surface area (Å²) < 4.78 is 5.08. The molecule has 62 valence electrons. The lowest BCUT2D eigenvalue weighted by molar-refractivity contribution is 0.147. The van der Waals surface area contributed by atoms with Crippen LogP contribution in [-0.2, 0) is 4.43 Å². The van der Waals surface area contributed by atoms with Crippen LogP contribution >= 0.6 is 0 Å². The molecule has 1 aliphatic carbocycles. The molecule has 0 aromatic carbocycles. The predicted octanol–water partition coefficient (Wildman–Crippen LogP) is 0.189. The van der Waals surface area contributed by atoms with Crippen LogP contribution in [0.5, 0.6) is 0 Å². The van der Waals surface area contributed by atoms with Crippen molar-refractivity contribution in [1.29, 1.82) is 0 Å². The van der Waals surface area contributed by atoms with Crippen molar-refractivity contribution in [2.24, 2.45) is 5.73 Å². The third-order valence-electron chi connectivity index (χ3n) is 1.23. The second-order valence-corrected chi connectivity index (χ2v) is 4.06. The quantitative estimate of drug-likeness (QED) is 0.515. The van der Waals surface area contributed by atoms with E-state index in [9.17, 15) is 0 Å². The van der Waals surface area contributed by atoms with Gasteiger partial charge in [-0.25, -0.2) is 0 Å². The standard InChI is InChI=1S/C4H12OSi.C3H7N/c1-4(2,3)5-6;4-3-1-2-3/h1-3,6H3;3H,1-2,4H2. The van der Waals surface area contributed by atoms with Crippen molar-refractivity contribution in [3.8, 4) is 0 Å². The van der Waals surface area contributed by atoms with Gasteiger partial charge in [0.05, 0.1) is 0 Å². The summed E-state index contributed by atoms with van der Waals surface area (Å²) in [5.41, 5.74) is 5.33. The SMILES string of the molecule is CC(C)(C)O[SiH3].NC1CC1. The number of rotatable bonds is 0. The summed E-state index contributed by atoms with van der Waals surface area (Å²) in [4.78, 5) is 0. The fraction of sp³-hybridized carbons (Fsp3) is 1.00. The lowest BCUT2D eigenvalue weighted by atomic mass is 10.2. The molecule has 3 heteroatoms. The summed E-state index contributed by atoms with van der Waals surface area (Å²) in [5, 5.41) is 0. The molecule has 2 N–H and O–H groups in total. The highest BCUT2D eigenvalue weighted by Crippen LogP contribution is 2.13. The molecule has 2 nitrogen and oxygen atoms in total. The minimum Gasteiger partial charge on any atom is -0.423 e. The molecule has 0 atom stereocenters. The minimum atomic E-state index is 0.103. The molecule has 0 amide bonds. The maximum absolute atomic E-state index is 5.22. The Balaban J connectivity index is 0.000000172. The Labute approximate surface area is 66.7 Å². The van der Waals surface area contributed by atoms with E-state index in [1.807, 2.05) is 0 Å². The molecule has 0 aromatic heterocycles. The number of nitrogens with two attached hydrogens (primary N) is 1. The van der Waals surface area contributed by atoms with E-state index in [-0.39, 0.29) is 5.60 Å². The van der Waals surface area contributed by atoms with E-state index >= 15 is 0 Å². The summed E-state index contributed by atoms with van der Waals surface area (Å²) in [6.45, 7) is 6.17. The fourth-order valence-corrected chi connectivity index (χ4v) is 0.0962. The van der Waals surface area contributed by atoms with E-state index in [0.29, 0.717) is 6.04 Å². The van der Waals surface area contributed by atoms with Gasteiger partial charge in [-0.2, -0.15) is 0 Å². The maximum atomic E-state index is 5.22. The Morgan fingerprint density at radius 1 is 1.40 bits per heavy atom. The monoisotopic (exact) mass is 161 g/mol. The molecule has 1 fully saturated rings. The van der Waals surface area contributed by atoms with Crippen LogP contribution in [0.1, 0.15) is 33.6 Å². The lowest BCUT2D eigenvalue weighted by Gasteiger charge is -2.15. The van der Waals surface area contributed by atoms with Crippen molar-refractivity contribution >= 4 is 10.5 Å². The van der Waals surface area contributed by atoms with Crippen LogP contribution in [0.4, 0.5) is 0 Å². The first-order chi connectivity index (χ1) is 4.45. The predicted molar refractivity (Wildman–Crippen MR) is 48.0 cm³/mol. The molecule has 10 heavy (non-hydrogen) atoms. The van der Waals surface area contributed by atoms with Gasteiger partial charge in [-0.3, -0.25) is 0 Å². The molecule has 0 aromatic rings. The molecule has 0 spiro atoms. The van der Waals surface area contributed by atoms with Gasteiger partial charge in [0.2, 0.25) is 0 Å². The van der Waals surface area contributed by atoms with Gasteiger partial charge in [-0.15, -0.1) is 0 Å². The van der Waals surface area contributed by atoms with E-state index in [1.165, 1.54) is 12.8 Å². The van der Waals surface area contributed by atoms with E-state index in [2.05, 4.69) is 20.8 Å². The van der Waals surface area contributed by atoms with E-state index in [4.69, 9.17) is 10.2 Å². The molecule has 1 saturated carbocycles. The first kappa shape index (κ1) is 10.1. The zero-order chi connectivity index (χ0) is 8.20. The van der Waals surface area contributed by atoms with Gasteiger partial charge >= 0.3 is 0 Å². The zero-order valence-corrected chi connectivity index (χ0v) is 9.48. The van der Waals surface area contributed by atoms with Gasteiger partial charge in [0, 0.05) is 11.6 Å². The summed E-state index contributed by atoms with van der Waals surface area (Å²) in [7, 11) is 0.848. The van der Waals surface area contributed by atoms with Crippen LogP contribution in [0.2, 0.25) is 0 Å². The Bertz CT molecular complexity index is 86.1. The average molecular weight is 161 g/mol. The molecule has 0 bridgehead atoms. The van der Waals surface area contributed by atoms with Crippen molar-refractivity contribution in [3.63, 3.8) is 0 Å².